The van der Waals surface area contributed by atoms with Crippen molar-refractivity contribution in [1.82, 2.24) is 0 Å². The summed E-state index contributed by atoms with van der Waals surface area (Å²) < 4.78 is 11.6. The molecule has 0 aromatic heterocycles. The van der Waals surface area contributed by atoms with E-state index in [1.54, 1.807) is 0 Å². The fourth-order valence-electron chi connectivity index (χ4n) is 2.73. The Balaban J connectivity index is 1.79. The van der Waals surface area contributed by atoms with Crippen LogP contribution in [0, 0.1) is 0 Å². The maximum Gasteiger partial charge on any atom is 0.123 e. The van der Waals surface area contributed by atoms with Crippen molar-refractivity contribution in [3.8, 4) is 5.75 Å². The van der Waals surface area contributed by atoms with E-state index in [4.69, 9.17) is 15.2 Å². The molecule has 1 aliphatic carbocycles. The SMILES string of the molecule is NCC1(c2ccccc2OC2CCCOC2)CC1. The van der Waals surface area contributed by atoms with Crippen molar-refractivity contribution in [2.45, 2.75) is 37.2 Å². The molecular weight excluding hydrogens is 226 g/mol. The number of rotatable bonds is 4. The zero-order valence-electron chi connectivity index (χ0n) is 10.7. The van der Waals surface area contributed by atoms with Crippen LogP contribution in [0.5, 0.6) is 5.75 Å². The highest BCUT2D eigenvalue weighted by molar-refractivity contribution is 5.43. The zero-order chi connectivity index (χ0) is 12.4. The monoisotopic (exact) mass is 247 g/mol. The van der Waals surface area contributed by atoms with Gasteiger partial charge in [-0.3, -0.25) is 0 Å². The first kappa shape index (κ1) is 12.0. The lowest BCUT2D eigenvalue weighted by Crippen LogP contribution is -2.29. The molecule has 0 spiro atoms. The van der Waals surface area contributed by atoms with Gasteiger partial charge in [-0.25, -0.2) is 0 Å². The van der Waals surface area contributed by atoms with Gasteiger partial charge in [0.25, 0.3) is 0 Å². The molecule has 1 saturated heterocycles. The molecule has 2 aliphatic rings. The second-order valence-electron chi connectivity index (χ2n) is 5.44. The summed E-state index contributed by atoms with van der Waals surface area (Å²) >= 11 is 0. The predicted octanol–water partition coefficient (Wildman–Crippen LogP) is 2.23. The van der Waals surface area contributed by atoms with E-state index in [1.807, 2.05) is 6.07 Å². The van der Waals surface area contributed by atoms with E-state index in [9.17, 15) is 0 Å². The van der Waals surface area contributed by atoms with Gasteiger partial charge in [0.2, 0.25) is 0 Å². The van der Waals surface area contributed by atoms with Crippen molar-refractivity contribution in [2.24, 2.45) is 5.73 Å². The van der Waals surface area contributed by atoms with Crippen LogP contribution in [0.25, 0.3) is 0 Å². The van der Waals surface area contributed by atoms with Crippen LogP contribution in [-0.2, 0) is 10.2 Å². The van der Waals surface area contributed by atoms with Gasteiger partial charge >= 0.3 is 0 Å². The minimum Gasteiger partial charge on any atom is -0.488 e. The highest BCUT2D eigenvalue weighted by Crippen LogP contribution is 2.50. The van der Waals surface area contributed by atoms with Crippen LogP contribution >= 0.6 is 0 Å². The molecule has 3 nitrogen and oxygen atoms in total. The summed E-state index contributed by atoms with van der Waals surface area (Å²) in [4.78, 5) is 0. The Hall–Kier alpha value is -1.06. The van der Waals surface area contributed by atoms with E-state index in [-0.39, 0.29) is 11.5 Å². The lowest BCUT2D eigenvalue weighted by molar-refractivity contribution is 0.00685. The lowest BCUT2D eigenvalue weighted by Gasteiger charge is -2.26. The van der Waals surface area contributed by atoms with Crippen LogP contribution in [0.3, 0.4) is 0 Å². The minimum atomic E-state index is 0.187. The Bertz CT molecular complexity index is 409. The first-order chi connectivity index (χ1) is 8.84. The van der Waals surface area contributed by atoms with Gasteiger partial charge in [-0.15, -0.1) is 0 Å². The second-order valence-corrected chi connectivity index (χ2v) is 5.44. The van der Waals surface area contributed by atoms with Crippen LogP contribution in [0.15, 0.2) is 24.3 Å². The summed E-state index contributed by atoms with van der Waals surface area (Å²) in [6.45, 7) is 2.30. The molecule has 1 aromatic carbocycles. The Morgan fingerprint density at radius 1 is 1.33 bits per heavy atom. The van der Waals surface area contributed by atoms with Gasteiger partial charge in [0.15, 0.2) is 0 Å². The number of nitrogens with two attached hydrogens (primary N) is 1. The molecule has 0 amide bonds. The molecule has 3 rings (SSSR count). The average Bonchev–Trinajstić information content (AvgIpc) is 3.22. The Morgan fingerprint density at radius 2 is 2.17 bits per heavy atom. The molecular formula is C15H21NO2. The molecule has 3 heteroatoms. The highest BCUT2D eigenvalue weighted by atomic mass is 16.5. The lowest BCUT2D eigenvalue weighted by atomic mass is 9.95. The largest absolute Gasteiger partial charge is 0.488 e. The van der Waals surface area contributed by atoms with E-state index in [0.29, 0.717) is 13.2 Å². The van der Waals surface area contributed by atoms with Gasteiger partial charge in [-0.2, -0.15) is 0 Å². The van der Waals surface area contributed by atoms with E-state index in [0.717, 1.165) is 25.2 Å². The summed E-state index contributed by atoms with van der Waals surface area (Å²) in [6.07, 6.45) is 4.75. The normalized spacial score (nSPS) is 25.7. The van der Waals surface area contributed by atoms with Crippen LogP contribution in [0.4, 0.5) is 0 Å². The van der Waals surface area contributed by atoms with E-state index >= 15 is 0 Å². The van der Waals surface area contributed by atoms with Gasteiger partial charge in [-0.1, -0.05) is 18.2 Å². The number of hydrogen-bond acceptors (Lipinski definition) is 3. The molecule has 98 valence electrons. The number of ether oxygens (including phenoxy) is 2. The third-order valence-electron chi connectivity index (χ3n) is 4.11. The maximum absolute atomic E-state index is 6.13. The Kier molecular flexibility index (Phi) is 3.27. The molecule has 1 heterocycles. The van der Waals surface area contributed by atoms with Crippen LogP contribution in [0.1, 0.15) is 31.2 Å². The van der Waals surface area contributed by atoms with Crippen molar-refractivity contribution in [2.75, 3.05) is 19.8 Å². The molecule has 1 saturated carbocycles. The van der Waals surface area contributed by atoms with E-state index in [2.05, 4.69) is 18.2 Å². The van der Waals surface area contributed by atoms with Gasteiger partial charge in [0.1, 0.15) is 11.9 Å². The van der Waals surface area contributed by atoms with Gasteiger partial charge in [0, 0.05) is 24.1 Å². The Labute approximate surface area is 108 Å². The van der Waals surface area contributed by atoms with Gasteiger partial charge < -0.3 is 15.2 Å². The fourth-order valence-corrected chi connectivity index (χ4v) is 2.73. The average molecular weight is 247 g/mol. The highest BCUT2D eigenvalue weighted by Gasteiger charge is 2.44. The van der Waals surface area contributed by atoms with Crippen molar-refractivity contribution in [3.63, 3.8) is 0 Å². The first-order valence-electron chi connectivity index (χ1n) is 6.88. The van der Waals surface area contributed by atoms with Crippen molar-refractivity contribution < 1.29 is 9.47 Å². The maximum atomic E-state index is 6.13. The van der Waals surface area contributed by atoms with Crippen molar-refractivity contribution >= 4 is 0 Å². The first-order valence-corrected chi connectivity index (χ1v) is 6.88. The molecule has 1 aromatic rings. The number of para-hydroxylation sites is 1. The number of hydrogen-bond donors (Lipinski definition) is 1. The Morgan fingerprint density at radius 3 is 2.83 bits per heavy atom. The molecule has 1 unspecified atom stereocenters. The summed E-state index contributed by atoms with van der Waals surface area (Å²) in [5.41, 5.74) is 7.40. The molecule has 1 aliphatic heterocycles. The summed E-state index contributed by atoms with van der Waals surface area (Å²) in [7, 11) is 0. The van der Waals surface area contributed by atoms with Crippen molar-refractivity contribution in [1.29, 1.82) is 0 Å². The minimum absolute atomic E-state index is 0.187. The van der Waals surface area contributed by atoms with Crippen molar-refractivity contribution in [3.05, 3.63) is 29.8 Å². The summed E-state index contributed by atoms with van der Waals surface area (Å²) in [5, 5.41) is 0. The summed E-state index contributed by atoms with van der Waals surface area (Å²) in [5.74, 6) is 1.01. The standard InChI is InChI=1S/C15H21NO2/c16-11-15(7-8-15)13-5-1-2-6-14(13)18-12-4-3-9-17-10-12/h1-2,5-6,12H,3-4,7-11,16H2. The second kappa shape index (κ2) is 4.90. The van der Waals surface area contributed by atoms with E-state index in [1.165, 1.54) is 18.4 Å². The number of benzene rings is 1. The zero-order valence-corrected chi connectivity index (χ0v) is 10.7. The van der Waals surface area contributed by atoms with Crippen LogP contribution in [-0.4, -0.2) is 25.9 Å². The molecule has 2 fully saturated rings. The fraction of sp³-hybridized carbons (Fsp3) is 0.600. The molecule has 1 atom stereocenters. The predicted molar refractivity (Wildman–Crippen MR) is 70.9 cm³/mol. The third kappa shape index (κ3) is 2.25. The summed E-state index contributed by atoms with van der Waals surface area (Å²) in [6, 6.07) is 8.35. The third-order valence-corrected chi connectivity index (χ3v) is 4.11. The van der Waals surface area contributed by atoms with Gasteiger partial charge in [0.05, 0.1) is 6.61 Å². The van der Waals surface area contributed by atoms with E-state index < -0.39 is 0 Å². The quantitative estimate of drug-likeness (QED) is 0.887. The van der Waals surface area contributed by atoms with Gasteiger partial charge in [-0.05, 0) is 31.7 Å². The molecule has 0 radical (unpaired) electrons. The smallest absolute Gasteiger partial charge is 0.123 e. The van der Waals surface area contributed by atoms with Crippen LogP contribution < -0.4 is 10.5 Å². The van der Waals surface area contributed by atoms with Crippen LogP contribution in [0.2, 0.25) is 0 Å². The molecule has 0 bridgehead atoms. The topological polar surface area (TPSA) is 44.5 Å². The molecule has 2 N–H and O–H groups in total. The molecule has 18 heavy (non-hydrogen) atoms.